The minimum absolute atomic E-state index is 0.105. The van der Waals surface area contributed by atoms with Gasteiger partial charge in [0.2, 0.25) is 5.91 Å². The molecule has 4 rings (SSSR count). The third-order valence-electron chi connectivity index (χ3n) is 6.53. The number of carbonyl (C=O) groups is 4. The SMILES string of the molecule is COC(=O)CC1CN(C(=O)c2cc(F)ccc2C(F)(F)F)CCN1C(=O)CNC(=O)c1cc(-c2ccccc2)n[nH]1. The highest BCUT2D eigenvalue weighted by Crippen LogP contribution is 2.33. The molecule has 41 heavy (non-hydrogen) atoms. The molecule has 2 N–H and O–H groups in total. The summed E-state index contributed by atoms with van der Waals surface area (Å²) in [5.74, 6) is -4.05. The van der Waals surface area contributed by atoms with E-state index in [1.165, 1.54) is 11.0 Å². The lowest BCUT2D eigenvalue weighted by molar-refractivity contribution is -0.145. The number of halogens is 4. The van der Waals surface area contributed by atoms with Crippen LogP contribution in [0, 0.1) is 5.82 Å². The highest BCUT2D eigenvalue weighted by Gasteiger charge is 2.39. The lowest BCUT2D eigenvalue weighted by Gasteiger charge is -2.41. The second-order valence-corrected chi connectivity index (χ2v) is 9.18. The molecule has 1 aliphatic heterocycles. The largest absolute Gasteiger partial charge is 0.469 e. The van der Waals surface area contributed by atoms with Crippen molar-refractivity contribution in [3.05, 3.63) is 77.2 Å². The number of ether oxygens (including phenoxy) is 1. The lowest BCUT2D eigenvalue weighted by atomic mass is 10.0. The van der Waals surface area contributed by atoms with Gasteiger partial charge in [0.05, 0.1) is 42.9 Å². The van der Waals surface area contributed by atoms with E-state index in [9.17, 15) is 36.7 Å². The van der Waals surface area contributed by atoms with Gasteiger partial charge in [-0.15, -0.1) is 0 Å². The first-order valence-corrected chi connectivity index (χ1v) is 12.4. The van der Waals surface area contributed by atoms with Crippen LogP contribution in [0.4, 0.5) is 17.6 Å². The molecule has 14 heteroatoms. The molecule has 0 bridgehead atoms. The number of nitrogens with zero attached hydrogens (tertiary/aromatic N) is 3. The van der Waals surface area contributed by atoms with Crippen LogP contribution in [0.3, 0.4) is 0 Å². The molecule has 0 aliphatic carbocycles. The second kappa shape index (κ2) is 12.2. The summed E-state index contributed by atoms with van der Waals surface area (Å²) in [5.41, 5.74) is -0.779. The Morgan fingerprint density at radius 1 is 1.07 bits per heavy atom. The van der Waals surface area contributed by atoms with Gasteiger partial charge in [-0.05, 0) is 24.3 Å². The summed E-state index contributed by atoms with van der Waals surface area (Å²) in [5, 5.41) is 9.17. The zero-order valence-corrected chi connectivity index (χ0v) is 21.7. The molecule has 0 radical (unpaired) electrons. The number of aromatic nitrogens is 2. The molecule has 0 saturated carbocycles. The Bertz CT molecular complexity index is 1440. The molecular formula is C27H25F4N5O5. The highest BCUT2D eigenvalue weighted by atomic mass is 19.4. The Morgan fingerprint density at radius 2 is 1.80 bits per heavy atom. The molecule has 1 aromatic heterocycles. The number of esters is 1. The van der Waals surface area contributed by atoms with Crippen LogP contribution in [0.15, 0.2) is 54.6 Å². The van der Waals surface area contributed by atoms with Crippen molar-refractivity contribution in [2.45, 2.75) is 18.6 Å². The molecule has 1 fully saturated rings. The molecule has 10 nitrogen and oxygen atoms in total. The van der Waals surface area contributed by atoms with E-state index >= 15 is 0 Å². The molecule has 1 atom stereocenters. The third-order valence-corrected chi connectivity index (χ3v) is 6.53. The van der Waals surface area contributed by atoms with Gasteiger partial charge in [0, 0.05) is 25.2 Å². The van der Waals surface area contributed by atoms with E-state index in [-0.39, 0.29) is 31.7 Å². The van der Waals surface area contributed by atoms with Gasteiger partial charge >= 0.3 is 12.1 Å². The van der Waals surface area contributed by atoms with E-state index in [0.717, 1.165) is 17.6 Å². The van der Waals surface area contributed by atoms with E-state index in [4.69, 9.17) is 0 Å². The predicted molar refractivity (Wildman–Crippen MR) is 136 cm³/mol. The number of hydrogen-bond donors (Lipinski definition) is 2. The van der Waals surface area contributed by atoms with Crippen molar-refractivity contribution in [1.82, 2.24) is 25.3 Å². The van der Waals surface area contributed by atoms with Gasteiger partial charge in [-0.1, -0.05) is 30.3 Å². The van der Waals surface area contributed by atoms with E-state index < -0.39 is 59.4 Å². The number of benzene rings is 2. The first-order chi connectivity index (χ1) is 19.5. The van der Waals surface area contributed by atoms with Gasteiger partial charge in [0.15, 0.2) is 0 Å². The van der Waals surface area contributed by atoms with Gasteiger partial charge in [-0.25, -0.2) is 4.39 Å². The van der Waals surface area contributed by atoms with Gasteiger partial charge in [0.1, 0.15) is 11.5 Å². The van der Waals surface area contributed by atoms with Gasteiger partial charge < -0.3 is 19.9 Å². The normalized spacial score (nSPS) is 15.4. The summed E-state index contributed by atoms with van der Waals surface area (Å²) in [6.07, 6.45) is -5.27. The van der Waals surface area contributed by atoms with E-state index in [1.807, 2.05) is 30.3 Å². The Kier molecular flexibility index (Phi) is 8.69. The summed E-state index contributed by atoms with van der Waals surface area (Å²) >= 11 is 0. The van der Waals surface area contributed by atoms with Crippen molar-refractivity contribution in [3.8, 4) is 11.3 Å². The number of hydrogen-bond acceptors (Lipinski definition) is 6. The number of alkyl halides is 3. The molecule has 3 amide bonds. The summed E-state index contributed by atoms with van der Waals surface area (Å²) in [6, 6.07) is 11.2. The quantitative estimate of drug-likeness (QED) is 0.330. The fourth-order valence-corrected chi connectivity index (χ4v) is 4.48. The molecule has 1 saturated heterocycles. The zero-order chi connectivity index (χ0) is 29.7. The van der Waals surface area contributed by atoms with Crippen LogP contribution in [0.25, 0.3) is 11.3 Å². The highest BCUT2D eigenvalue weighted by molar-refractivity contribution is 5.97. The maximum Gasteiger partial charge on any atom is 0.417 e. The van der Waals surface area contributed by atoms with Crippen LogP contribution in [0.5, 0.6) is 0 Å². The number of aromatic amines is 1. The second-order valence-electron chi connectivity index (χ2n) is 9.18. The van der Waals surface area contributed by atoms with E-state index in [0.29, 0.717) is 23.9 Å². The van der Waals surface area contributed by atoms with Crippen molar-refractivity contribution in [3.63, 3.8) is 0 Å². The summed E-state index contributed by atoms with van der Waals surface area (Å²) in [6.45, 7) is -1.12. The van der Waals surface area contributed by atoms with Crippen LogP contribution in [-0.4, -0.2) is 83.0 Å². The van der Waals surface area contributed by atoms with E-state index in [1.54, 1.807) is 0 Å². The van der Waals surface area contributed by atoms with Crippen molar-refractivity contribution in [2.75, 3.05) is 33.3 Å². The fraction of sp³-hybridized carbons (Fsp3) is 0.296. The molecule has 1 unspecified atom stereocenters. The smallest absolute Gasteiger partial charge is 0.417 e. The first-order valence-electron chi connectivity index (χ1n) is 12.4. The van der Waals surface area contributed by atoms with Crippen molar-refractivity contribution in [2.24, 2.45) is 0 Å². The van der Waals surface area contributed by atoms with Crippen molar-refractivity contribution < 1.29 is 41.5 Å². The molecular weight excluding hydrogens is 550 g/mol. The zero-order valence-electron chi connectivity index (χ0n) is 21.7. The first kappa shape index (κ1) is 29.2. The maximum atomic E-state index is 13.8. The number of rotatable bonds is 7. The number of amides is 3. The average Bonchev–Trinajstić information content (AvgIpc) is 3.45. The van der Waals surface area contributed by atoms with Gasteiger partial charge in [-0.3, -0.25) is 24.3 Å². The maximum absolute atomic E-state index is 13.8. The van der Waals surface area contributed by atoms with Crippen LogP contribution in [0.1, 0.15) is 32.8 Å². The topological polar surface area (TPSA) is 125 Å². The monoisotopic (exact) mass is 575 g/mol. The average molecular weight is 576 g/mol. The van der Waals surface area contributed by atoms with Crippen LogP contribution >= 0.6 is 0 Å². The Labute approximate surface area is 231 Å². The Balaban J connectivity index is 1.45. The molecule has 3 aromatic rings. The van der Waals surface area contributed by atoms with Gasteiger partial charge in [-0.2, -0.15) is 18.3 Å². The number of piperazine rings is 1. The summed E-state index contributed by atoms with van der Waals surface area (Å²) < 4.78 is 58.9. The Hall–Kier alpha value is -4.75. The standard InChI is InChI=1S/C27H25F4N5O5/c1-41-24(38)12-18-15-35(26(40)19-11-17(28)7-8-20(19)27(29,30)31)9-10-36(18)23(37)14-32-25(39)22-13-21(33-34-22)16-5-3-2-4-6-16/h2-8,11,13,18H,9-10,12,14-15H2,1H3,(H,32,39)(H,33,34). The molecule has 2 heterocycles. The third kappa shape index (κ3) is 6.88. The predicted octanol–water partition coefficient (Wildman–Crippen LogP) is 2.88. The Morgan fingerprint density at radius 3 is 2.49 bits per heavy atom. The fourth-order valence-electron chi connectivity index (χ4n) is 4.48. The van der Waals surface area contributed by atoms with Crippen LogP contribution in [-0.2, 0) is 20.5 Å². The number of H-pyrrole nitrogens is 1. The molecule has 2 aromatic carbocycles. The molecule has 1 aliphatic rings. The van der Waals surface area contributed by atoms with Crippen LogP contribution in [0.2, 0.25) is 0 Å². The minimum atomic E-state index is -4.91. The minimum Gasteiger partial charge on any atom is -0.469 e. The summed E-state index contributed by atoms with van der Waals surface area (Å²) in [4.78, 5) is 53.0. The van der Waals surface area contributed by atoms with Crippen LogP contribution < -0.4 is 5.32 Å². The molecule has 0 spiro atoms. The van der Waals surface area contributed by atoms with Crippen molar-refractivity contribution >= 4 is 23.7 Å². The number of carbonyl (C=O) groups excluding carboxylic acids is 4. The summed E-state index contributed by atoms with van der Waals surface area (Å²) in [7, 11) is 1.12. The number of methoxy groups -OCH3 is 1. The molecule has 216 valence electrons. The lowest BCUT2D eigenvalue weighted by Crippen LogP contribution is -2.58. The van der Waals surface area contributed by atoms with Gasteiger partial charge in [0.25, 0.3) is 11.8 Å². The van der Waals surface area contributed by atoms with Crippen molar-refractivity contribution in [1.29, 1.82) is 0 Å². The number of nitrogens with one attached hydrogen (secondary N) is 2. The van der Waals surface area contributed by atoms with E-state index in [2.05, 4.69) is 20.3 Å².